The van der Waals surface area contributed by atoms with Crippen LogP contribution in [0.3, 0.4) is 0 Å². The van der Waals surface area contributed by atoms with Crippen LogP contribution in [0, 0.1) is 11.7 Å². The zero-order valence-electron chi connectivity index (χ0n) is 14.8. The first-order chi connectivity index (χ1) is 12.0. The van der Waals surface area contributed by atoms with E-state index in [1.807, 2.05) is 30.3 Å². The van der Waals surface area contributed by atoms with Gasteiger partial charge in [0.15, 0.2) is 0 Å². The summed E-state index contributed by atoms with van der Waals surface area (Å²) in [4.78, 5) is 15.2. The molecule has 1 aliphatic heterocycles. The molecule has 4 heteroatoms. The summed E-state index contributed by atoms with van der Waals surface area (Å²) in [5, 5.41) is 3.19. The van der Waals surface area contributed by atoms with E-state index in [-0.39, 0.29) is 23.7 Å². The summed E-state index contributed by atoms with van der Waals surface area (Å²) < 4.78 is 13.3. The van der Waals surface area contributed by atoms with E-state index in [0.717, 1.165) is 30.5 Å². The molecule has 0 aromatic heterocycles. The number of carbonyl (C=O) groups excluding carboxylic acids is 1. The van der Waals surface area contributed by atoms with Gasteiger partial charge in [0.25, 0.3) is 0 Å². The number of amides is 1. The van der Waals surface area contributed by atoms with Crippen molar-refractivity contribution < 1.29 is 9.18 Å². The first-order valence-electron chi connectivity index (χ1n) is 8.85. The summed E-state index contributed by atoms with van der Waals surface area (Å²) in [5.41, 5.74) is 1.89. The third-order valence-corrected chi connectivity index (χ3v) is 5.20. The monoisotopic (exact) mass is 340 g/mol. The summed E-state index contributed by atoms with van der Waals surface area (Å²) in [6, 6.07) is 16.3. The van der Waals surface area contributed by atoms with E-state index < -0.39 is 0 Å². The molecule has 1 saturated heterocycles. The van der Waals surface area contributed by atoms with Crippen LogP contribution in [-0.4, -0.2) is 30.4 Å². The SMILES string of the molecule is C[C@H]1C[C@@H](C(=O)N[C@@H](c2ccccc2)c2ccc(F)cc2)CCN1C. The highest BCUT2D eigenvalue weighted by Crippen LogP contribution is 2.26. The van der Waals surface area contributed by atoms with Gasteiger partial charge < -0.3 is 10.2 Å². The average Bonchev–Trinajstić information content (AvgIpc) is 2.63. The zero-order chi connectivity index (χ0) is 17.8. The van der Waals surface area contributed by atoms with Gasteiger partial charge in [-0.2, -0.15) is 0 Å². The Hall–Kier alpha value is -2.20. The van der Waals surface area contributed by atoms with E-state index in [9.17, 15) is 9.18 Å². The minimum absolute atomic E-state index is 0.0258. The Labute approximate surface area is 148 Å². The molecule has 3 nitrogen and oxygen atoms in total. The van der Waals surface area contributed by atoms with Crippen LogP contribution < -0.4 is 5.32 Å². The van der Waals surface area contributed by atoms with Crippen molar-refractivity contribution in [3.63, 3.8) is 0 Å². The topological polar surface area (TPSA) is 32.3 Å². The number of halogens is 1. The Morgan fingerprint density at radius 1 is 1.12 bits per heavy atom. The minimum atomic E-state index is -0.272. The maximum Gasteiger partial charge on any atom is 0.223 e. The number of nitrogens with one attached hydrogen (secondary N) is 1. The van der Waals surface area contributed by atoms with Crippen LogP contribution in [-0.2, 0) is 4.79 Å². The molecule has 0 unspecified atom stereocenters. The van der Waals surface area contributed by atoms with Crippen LogP contribution in [0.1, 0.15) is 36.9 Å². The largest absolute Gasteiger partial charge is 0.345 e. The fourth-order valence-corrected chi connectivity index (χ4v) is 3.45. The Morgan fingerprint density at radius 3 is 2.40 bits per heavy atom. The number of hydrogen-bond acceptors (Lipinski definition) is 2. The summed E-state index contributed by atoms with van der Waals surface area (Å²) in [7, 11) is 2.10. The molecule has 3 atom stereocenters. The first-order valence-corrected chi connectivity index (χ1v) is 8.85. The molecule has 1 heterocycles. The summed E-state index contributed by atoms with van der Waals surface area (Å²) in [5.74, 6) is -0.165. The lowest BCUT2D eigenvalue weighted by atomic mass is 9.90. The highest BCUT2D eigenvalue weighted by molar-refractivity contribution is 5.79. The summed E-state index contributed by atoms with van der Waals surface area (Å²) in [6.07, 6.45) is 1.74. The maximum absolute atomic E-state index is 13.3. The number of rotatable bonds is 4. The normalized spacial score (nSPS) is 22.4. The van der Waals surface area contributed by atoms with Crippen LogP contribution >= 0.6 is 0 Å². The Bertz CT molecular complexity index is 702. The van der Waals surface area contributed by atoms with Crippen molar-refractivity contribution in [1.29, 1.82) is 0 Å². The maximum atomic E-state index is 13.3. The second-order valence-corrected chi connectivity index (χ2v) is 6.95. The minimum Gasteiger partial charge on any atom is -0.345 e. The number of carbonyl (C=O) groups is 1. The Morgan fingerprint density at radius 2 is 1.76 bits per heavy atom. The molecule has 1 N–H and O–H groups in total. The molecule has 0 saturated carbocycles. The molecule has 1 amide bonds. The van der Waals surface area contributed by atoms with Crippen molar-refractivity contribution in [3.05, 3.63) is 71.5 Å². The zero-order valence-corrected chi connectivity index (χ0v) is 14.8. The molecule has 0 spiro atoms. The molecule has 1 fully saturated rings. The third kappa shape index (κ3) is 4.26. The molecule has 0 radical (unpaired) electrons. The fourth-order valence-electron chi connectivity index (χ4n) is 3.45. The number of piperidine rings is 1. The van der Waals surface area contributed by atoms with E-state index >= 15 is 0 Å². The van der Waals surface area contributed by atoms with Gasteiger partial charge >= 0.3 is 0 Å². The van der Waals surface area contributed by atoms with Crippen molar-refractivity contribution >= 4 is 5.91 Å². The van der Waals surface area contributed by atoms with E-state index in [0.29, 0.717) is 6.04 Å². The second kappa shape index (κ2) is 7.79. The van der Waals surface area contributed by atoms with E-state index in [4.69, 9.17) is 0 Å². The molecule has 25 heavy (non-hydrogen) atoms. The Kier molecular flexibility index (Phi) is 5.49. The van der Waals surface area contributed by atoms with Crippen LogP contribution in [0.15, 0.2) is 54.6 Å². The van der Waals surface area contributed by atoms with Crippen molar-refractivity contribution in [2.24, 2.45) is 5.92 Å². The fraction of sp³-hybridized carbons (Fsp3) is 0.381. The lowest BCUT2D eigenvalue weighted by Gasteiger charge is -2.35. The lowest BCUT2D eigenvalue weighted by Crippen LogP contribution is -2.44. The molecule has 1 aliphatic rings. The molecule has 0 bridgehead atoms. The molecule has 2 aromatic rings. The van der Waals surface area contributed by atoms with Crippen LogP contribution in [0.4, 0.5) is 4.39 Å². The molecular formula is C21H25FN2O. The molecule has 2 aromatic carbocycles. The van der Waals surface area contributed by atoms with E-state index in [1.54, 1.807) is 12.1 Å². The van der Waals surface area contributed by atoms with Gasteiger partial charge in [-0.25, -0.2) is 4.39 Å². The van der Waals surface area contributed by atoms with Gasteiger partial charge in [-0.3, -0.25) is 4.79 Å². The standard InChI is InChI=1S/C21H25FN2O/c1-15-14-18(12-13-24(15)2)21(25)23-20(16-6-4-3-5-7-16)17-8-10-19(22)11-9-17/h3-11,15,18,20H,12-14H2,1-2H3,(H,23,25)/t15-,18-,20-/m0/s1. The third-order valence-electron chi connectivity index (χ3n) is 5.20. The van der Waals surface area contributed by atoms with E-state index in [1.165, 1.54) is 12.1 Å². The van der Waals surface area contributed by atoms with Crippen LogP contribution in [0.5, 0.6) is 0 Å². The highest BCUT2D eigenvalue weighted by atomic mass is 19.1. The van der Waals surface area contributed by atoms with Gasteiger partial charge in [-0.15, -0.1) is 0 Å². The van der Waals surface area contributed by atoms with Gasteiger partial charge in [0.2, 0.25) is 5.91 Å². The molecular weight excluding hydrogens is 315 g/mol. The quantitative estimate of drug-likeness (QED) is 0.919. The molecule has 3 rings (SSSR count). The van der Waals surface area contributed by atoms with Crippen molar-refractivity contribution in [3.8, 4) is 0 Å². The summed E-state index contributed by atoms with van der Waals surface area (Å²) >= 11 is 0. The number of nitrogens with zero attached hydrogens (tertiary/aromatic N) is 1. The molecule has 0 aliphatic carbocycles. The van der Waals surface area contributed by atoms with Crippen LogP contribution in [0.25, 0.3) is 0 Å². The predicted molar refractivity (Wildman–Crippen MR) is 97.6 cm³/mol. The number of likely N-dealkylation sites (tertiary alicyclic amines) is 1. The van der Waals surface area contributed by atoms with Gasteiger partial charge in [-0.1, -0.05) is 42.5 Å². The summed E-state index contributed by atoms with van der Waals surface area (Å²) in [6.45, 7) is 3.10. The van der Waals surface area contributed by atoms with Crippen molar-refractivity contribution in [2.75, 3.05) is 13.6 Å². The smallest absolute Gasteiger partial charge is 0.223 e. The van der Waals surface area contributed by atoms with Gasteiger partial charge in [-0.05, 0) is 56.6 Å². The van der Waals surface area contributed by atoms with E-state index in [2.05, 4.69) is 24.2 Å². The van der Waals surface area contributed by atoms with Gasteiger partial charge in [0.05, 0.1) is 6.04 Å². The lowest BCUT2D eigenvalue weighted by molar-refractivity contribution is -0.127. The van der Waals surface area contributed by atoms with Crippen LogP contribution in [0.2, 0.25) is 0 Å². The highest BCUT2D eigenvalue weighted by Gasteiger charge is 2.29. The number of benzene rings is 2. The van der Waals surface area contributed by atoms with Gasteiger partial charge in [0, 0.05) is 12.0 Å². The first kappa shape index (κ1) is 17.6. The predicted octanol–water partition coefficient (Wildman–Crippen LogP) is 3.76. The second-order valence-electron chi connectivity index (χ2n) is 6.95. The van der Waals surface area contributed by atoms with Gasteiger partial charge in [0.1, 0.15) is 5.82 Å². The average molecular weight is 340 g/mol. The van der Waals surface area contributed by atoms with Crippen molar-refractivity contribution in [2.45, 2.75) is 31.8 Å². The molecule has 132 valence electrons. The number of hydrogen-bond donors (Lipinski definition) is 1. The Balaban J connectivity index is 1.80. The van der Waals surface area contributed by atoms with Crippen molar-refractivity contribution in [1.82, 2.24) is 10.2 Å².